The van der Waals surface area contributed by atoms with E-state index in [1.54, 1.807) is 0 Å². The van der Waals surface area contributed by atoms with Crippen LogP contribution in [-0.2, 0) is 4.79 Å². The number of hydrogen-bond acceptors (Lipinski definition) is 3. The first-order valence-electron chi connectivity index (χ1n) is 6.37. The van der Waals surface area contributed by atoms with Gasteiger partial charge in [0.15, 0.2) is 0 Å². The summed E-state index contributed by atoms with van der Waals surface area (Å²) < 4.78 is 0. The molecule has 0 aromatic heterocycles. The van der Waals surface area contributed by atoms with Gasteiger partial charge in [-0.05, 0) is 31.8 Å². The van der Waals surface area contributed by atoms with E-state index >= 15 is 0 Å². The van der Waals surface area contributed by atoms with E-state index in [1.165, 1.54) is 0 Å². The Morgan fingerprint density at radius 1 is 1.38 bits per heavy atom. The van der Waals surface area contributed by atoms with Crippen LogP contribution in [0.25, 0.3) is 0 Å². The molecule has 0 aromatic carbocycles. The molecule has 1 amide bonds. The van der Waals surface area contributed by atoms with Crippen molar-refractivity contribution in [3.05, 3.63) is 0 Å². The molecule has 16 heavy (non-hydrogen) atoms. The van der Waals surface area contributed by atoms with Gasteiger partial charge in [0, 0.05) is 5.92 Å². The van der Waals surface area contributed by atoms with Crippen LogP contribution >= 0.6 is 0 Å². The quantitative estimate of drug-likeness (QED) is 0.647. The van der Waals surface area contributed by atoms with Crippen LogP contribution in [-0.4, -0.2) is 36.2 Å². The van der Waals surface area contributed by atoms with Gasteiger partial charge in [0.1, 0.15) is 0 Å². The first-order chi connectivity index (χ1) is 7.68. The van der Waals surface area contributed by atoms with Crippen molar-refractivity contribution < 1.29 is 9.90 Å². The van der Waals surface area contributed by atoms with Crippen LogP contribution < -0.4 is 10.6 Å². The van der Waals surface area contributed by atoms with E-state index in [4.69, 9.17) is 0 Å². The molecule has 0 spiro atoms. The molecule has 0 bridgehead atoms. The number of amides is 1. The van der Waals surface area contributed by atoms with Gasteiger partial charge in [-0.25, -0.2) is 0 Å². The summed E-state index contributed by atoms with van der Waals surface area (Å²) in [5, 5.41) is 16.0. The molecule has 3 N–H and O–H groups in total. The molecule has 2 fully saturated rings. The maximum absolute atomic E-state index is 11.9. The van der Waals surface area contributed by atoms with Gasteiger partial charge in [0.05, 0.1) is 12.1 Å². The summed E-state index contributed by atoms with van der Waals surface area (Å²) in [5.74, 6) is 0.647. The zero-order valence-corrected chi connectivity index (χ0v) is 9.91. The fraction of sp³-hybridized carbons (Fsp3) is 0.917. The van der Waals surface area contributed by atoms with E-state index in [1.807, 2.05) is 6.92 Å². The second-order valence-electron chi connectivity index (χ2n) is 5.17. The van der Waals surface area contributed by atoms with Crippen molar-refractivity contribution in [3.63, 3.8) is 0 Å². The summed E-state index contributed by atoms with van der Waals surface area (Å²) in [4.78, 5) is 11.9. The molecule has 1 saturated carbocycles. The Morgan fingerprint density at radius 2 is 2.06 bits per heavy atom. The highest BCUT2D eigenvalue weighted by Gasteiger charge is 2.31. The van der Waals surface area contributed by atoms with Gasteiger partial charge in [-0.3, -0.25) is 4.79 Å². The Balaban J connectivity index is 1.80. The number of aliphatic hydroxyl groups is 1. The van der Waals surface area contributed by atoms with E-state index in [0.29, 0.717) is 5.92 Å². The van der Waals surface area contributed by atoms with E-state index in [-0.39, 0.29) is 24.0 Å². The molecule has 1 heterocycles. The Morgan fingerprint density at radius 3 is 2.62 bits per heavy atom. The molecule has 1 unspecified atom stereocenters. The summed E-state index contributed by atoms with van der Waals surface area (Å²) in [7, 11) is 0. The Kier molecular flexibility index (Phi) is 3.82. The van der Waals surface area contributed by atoms with Crippen molar-refractivity contribution >= 4 is 5.91 Å². The van der Waals surface area contributed by atoms with Crippen LogP contribution in [0.4, 0.5) is 0 Å². The predicted octanol–water partition coefficient (Wildman–Crippen LogP) is 0.262. The van der Waals surface area contributed by atoms with Crippen LogP contribution in [0.1, 0.15) is 32.6 Å². The minimum atomic E-state index is -0.343. The minimum Gasteiger partial charge on any atom is -0.391 e. The molecule has 3 atom stereocenters. The molecule has 2 aliphatic rings. The average Bonchev–Trinajstić information content (AvgIpc) is 2.18. The standard InChI is InChI=1S/C12H22N2O2/c1-8(9-6-13-7-9)12(16)14-10-4-2-3-5-11(10)15/h8-11,13,15H,2-7H2,1H3,(H,14,16)/t8?,10-,11-/m0/s1. The first kappa shape index (κ1) is 11.9. The summed E-state index contributed by atoms with van der Waals surface area (Å²) in [6, 6.07) is -0.0169. The monoisotopic (exact) mass is 226 g/mol. The molecule has 1 aliphatic carbocycles. The number of carbonyl (C=O) groups is 1. The van der Waals surface area contributed by atoms with Gasteiger partial charge in [-0.15, -0.1) is 0 Å². The summed E-state index contributed by atoms with van der Waals surface area (Å²) in [6.07, 6.45) is 3.59. The third-order valence-corrected chi connectivity index (χ3v) is 3.99. The van der Waals surface area contributed by atoms with E-state index in [2.05, 4.69) is 10.6 Å². The van der Waals surface area contributed by atoms with Crippen molar-refractivity contribution in [2.24, 2.45) is 11.8 Å². The van der Waals surface area contributed by atoms with Crippen LogP contribution in [0.3, 0.4) is 0 Å². The largest absolute Gasteiger partial charge is 0.391 e. The maximum Gasteiger partial charge on any atom is 0.223 e. The summed E-state index contributed by atoms with van der Waals surface area (Å²) >= 11 is 0. The topological polar surface area (TPSA) is 61.4 Å². The second kappa shape index (κ2) is 5.15. The fourth-order valence-electron chi connectivity index (χ4n) is 2.47. The number of nitrogens with one attached hydrogen (secondary N) is 2. The number of aliphatic hydroxyl groups excluding tert-OH is 1. The highest BCUT2D eigenvalue weighted by atomic mass is 16.3. The molecule has 1 saturated heterocycles. The number of hydrogen-bond donors (Lipinski definition) is 3. The van der Waals surface area contributed by atoms with Crippen molar-refractivity contribution in [1.82, 2.24) is 10.6 Å². The molecular weight excluding hydrogens is 204 g/mol. The second-order valence-corrected chi connectivity index (χ2v) is 5.17. The lowest BCUT2D eigenvalue weighted by molar-refractivity contribution is -0.128. The van der Waals surface area contributed by atoms with Crippen LogP contribution in [0, 0.1) is 11.8 Å². The number of rotatable bonds is 3. The molecule has 0 radical (unpaired) electrons. The molecule has 4 nitrogen and oxygen atoms in total. The van der Waals surface area contributed by atoms with Crippen LogP contribution in [0.15, 0.2) is 0 Å². The third-order valence-electron chi connectivity index (χ3n) is 3.99. The van der Waals surface area contributed by atoms with Crippen molar-refractivity contribution in [1.29, 1.82) is 0 Å². The molecule has 0 aromatic rings. The normalized spacial score (nSPS) is 32.9. The molecule has 2 rings (SSSR count). The average molecular weight is 226 g/mol. The van der Waals surface area contributed by atoms with E-state index < -0.39 is 0 Å². The molecular formula is C12H22N2O2. The van der Waals surface area contributed by atoms with Gasteiger partial charge in [-0.1, -0.05) is 19.8 Å². The van der Waals surface area contributed by atoms with Crippen molar-refractivity contribution in [3.8, 4) is 0 Å². The van der Waals surface area contributed by atoms with Crippen molar-refractivity contribution in [2.45, 2.75) is 44.8 Å². The highest BCUT2D eigenvalue weighted by Crippen LogP contribution is 2.20. The predicted molar refractivity (Wildman–Crippen MR) is 61.9 cm³/mol. The van der Waals surface area contributed by atoms with Gasteiger partial charge in [0.2, 0.25) is 5.91 Å². The smallest absolute Gasteiger partial charge is 0.223 e. The van der Waals surface area contributed by atoms with Gasteiger partial charge < -0.3 is 15.7 Å². The fourth-order valence-corrected chi connectivity index (χ4v) is 2.47. The molecule has 92 valence electrons. The van der Waals surface area contributed by atoms with Gasteiger partial charge in [-0.2, -0.15) is 0 Å². The Labute approximate surface area is 96.8 Å². The van der Waals surface area contributed by atoms with Gasteiger partial charge in [0.25, 0.3) is 0 Å². The van der Waals surface area contributed by atoms with Gasteiger partial charge >= 0.3 is 0 Å². The summed E-state index contributed by atoms with van der Waals surface area (Å²) in [6.45, 7) is 3.87. The van der Waals surface area contributed by atoms with E-state index in [0.717, 1.165) is 38.8 Å². The zero-order valence-electron chi connectivity index (χ0n) is 9.91. The minimum absolute atomic E-state index is 0.0169. The van der Waals surface area contributed by atoms with Crippen LogP contribution in [0.2, 0.25) is 0 Å². The Bertz CT molecular complexity index is 253. The lowest BCUT2D eigenvalue weighted by Crippen LogP contribution is -2.53. The lowest BCUT2D eigenvalue weighted by Gasteiger charge is -2.34. The molecule has 1 aliphatic heterocycles. The lowest BCUT2D eigenvalue weighted by atomic mass is 9.87. The SMILES string of the molecule is CC(C(=O)N[C@H]1CCCC[C@@H]1O)C1CNC1. The zero-order chi connectivity index (χ0) is 11.5. The Hall–Kier alpha value is -0.610. The number of carbonyl (C=O) groups excluding carboxylic acids is 1. The van der Waals surface area contributed by atoms with Crippen LogP contribution in [0.5, 0.6) is 0 Å². The maximum atomic E-state index is 11.9. The summed E-state index contributed by atoms with van der Waals surface area (Å²) in [5.41, 5.74) is 0. The first-order valence-corrected chi connectivity index (χ1v) is 6.37. The third kappa shape index (κ3) is 2.55. The van der Waals surface area contributed by atoms with Crippen molar-refractivity contribution in [2.75, 3.05) is 13.1 Å². The molecule has 4 heteroatoms. The van der Waals surface area contributed by atoms with E-state index in [9.17, 15) is 9.90 Å². The highest BCUT2D eigenvalue weighted by molar-refractivity contribution is 5.79.